The van der Waals surface area contributed by atoms with Crippen LogP contribution in [0.4, 0.5) is 0 Å². The number of nitrogens with zero attached hydrogens (tertiary/aromatic N) is 1. The number of carbonyl (C=O) groups is 1. The van der Waals surface area contributed by atoms with Gasteiger partial charge in [0.05, 0.1) is 11.5 Å². The molecule has 0 aliphatic carbocycles. The number of nitrogens with two attached hydrogens (primary N) is 1. The molecule has 124 valence electrons. The van der Waals surface area contributed by atoms with Crippen LogP contribution in [0.25, 0.3) is 0 Å². The van der Waals surface area contributed by atoms with Gasteiger partial charge in [-0.1, -0.05) is 43.7 Å². The summed E-state index contributed by atoms with van der Waals surface area (Å²) in [4.78, 5) is 14.7. The fraction of sp³-hybridized carbons (Fsp3) is 0.611. The smallest absolute Gasteiger partial charge is 0.227 e. The second-order valence-corrected chi connectivity index (χ2v) is 6.29. The molecule has 0 radical (unpaired) electrons. The summed E-state index contributed by atoms with van der Waals surface area (Å²) < 4.78 is 0. The molecule has 0 spiro atoms. The normalized spacial score (nSPS) is 13.2. The van der Waals surface area contributed by atoms with Crippen molar-refractivity contribution < 1.29 is 4.79 Å². The molecule has 0 aliphatic heterocycles. The molecular weight excluding hydrogens is 274 g/mol. The first kappa shape index (κ1) is 18.7. The van der Waals surface area contributed by atoms with Crippen molar-refractivity contribution in [3.8, 4) is 0 Å². The van der Waals surface area contributed by atoms with E-state index in [1.807, 2.05) is 27.9 Å². The first-order chi connectivity index (χ1) is 10.4. The highest BCUT2D eigenvalue weighted by molar-refractivity contribution is 5.82. The molecular formula is C18H31N3O. The predicted octanol–water partition coefficient (Wildman–Crippen LogP) is 2.48. The molecule has 0 aliphatic rings. The Labute approximate surface area is 135 Å². The van der Waals surface area contributed by atoms with Crippen LogP contribution in [0.15, 0.2) is 24.3 Å². The number of likely N-dealkylation sites (N-methyl/N-ethyl adjacent to an activating group) is 1. The molecule has 0 fully saturated rings. The van der Waals surface area contributed by atoms with E-state index in [2.05, 4.69) is 41.4 Å². The lowest BCUT2D eigenvalue weighted by atomic mass is 9.81. The molecule has 0 saturated heterocycles. The molecule has 0 aromatic heterocycles. The number of hydrogen-bond donors (Lipinski definition) is 2. The standard InChI is InChI=1S/C18H31N3O/c1-6-18(7-2,13-19)17(22)20-12-16(21(4)5)15-10-8-14(3)9-11-15/h8-11,16H,6-7,12-13,19H2,1-5H3,(H,20,22). The fourth-order valence-electron chi connectivity index (χ4n) is 2.72. The number of benzene rings is 1. The van der Waals surface area contributed by atoms with Gasteiger partial charge in [0.1, 0.15) is 0 Å². The van der Waals surface area contributed by atoms with E-state index in [0.29, 0.717) is 13.1 Å². The highest BCUT2D eigenvalue weighted by Gasteiger charge is 2.33. The molecule has 1 amide bonds. The Hall–Kier alpha value is -1.39. The summed E-state index contributed by atoms with van der Waals surface area (Å²) in [5, 5.41) is 3.11. The van der Waals surface area contributed by atoms with E-state index in [0.717, 1.165) is 12.8 Å². The number of hydrogen-bond acceptors (Lipinski definition) is 3. The van der Waals surface area contributed by atoms with Crippen molar-refractivity contribution in [2.45, 2.75) is 39.7 Å². The summed E-state index contributed by atoms with van der Waals surface area (Å²) in [5.41, 5.74) is 7.86. The van der Waals surface area contributed by atoms with E-state index in [9.17, 15) is 4.79 Å². The van der Waals surface area contributed by atoms with Crippen LogP contribution in [0.2, 0.25) is 0 Å². The zero-order valence-corrected chi connectivity index (χ0v) is 14.6. The molecule has 1 rings (SSSR count). The Bertz CT molecular complexity index is 455. The topological polar surface area (TPSA) is 58.4 Å². The van der Waals surface area contributed by atoms with Crippen LogP contribution in [0.1, 0.15) is 43.9 Å². The molecule has 22 heavy (non-hydrogen) atoms. The van der Waals surface area contributed by atoms with Gasteiger partial charge in [-0.15, -0.1) is 0 Å². The number of nitrogens with one attached hydrogen (secondary N) is 1. The molecule has 4 nitrogen and oxygen atoms in total. The van der Waals surface area contributed by atoms with Crippen LogP contribution < -0.4 is 11.1 Å². The first-order valence-electron chi connectivity index (χ1n) is 8.11. The summed E-state index contributed by atoms with van der Waals surface area (Å²) >= 11 is 0. The summed E-state index contributed by atoms with van der Waals surface area (Å²) in [6.45, 7) is 7.12. The largest absolute Gasteiger partial charge is 0.354 e. The van der Waals surface area contributed by atoms with E-state index in [1.165, 1.54) is 11.1 Å². The maximum Gasteiger partial charge on any atom is 0.227 e. The average molecular weight is 305 g/mol. The van der Waals surface area contributed by atoms with Crippen molar-refractivity contribution in [2.75, 3.05) is 27.2 Å². The number of carbonyl (C=O) groups excluding carboxylic acids is 1. The Morgan fingerprint density at radius 3 is 2.18 bits per heavy atom. The molecule has 0 bridgehead atoms. The molecule has 0 saturated carbocycles. The van der Waals surface area contributed by atoms with Crippen LogP contribution >= 0.6 is 0 Å². The van der Waals surface area contributed by atoms with Gasteiger partial charge in [0.2, 0.25) is 5.91 Å². The van der Waals surface area contributed by atoms with Crippen LogP contribution in [-0.4, -0.2) is 38.0 Å². The lowest BCUT2D eigenvalue weighted by Crippen LogP contribution is -2.47. The molecule has 3 N–H and O–H groups in total. The monoisotopic (exact) mass is 305 g/mol. The molecule has 1 atom stereocenters. The summed E-state index contributed by atoms with van der Waals surface area (Å²) in [7, 11) is 4.07. The lowest BCUT2D eigenvalue weighted by Gasteiger charge is -2.31. The first-order valence-corrected chi connectivity index (χ1v) is 8.11. The quantitative estimate of drug-likeness (QED) is 0.776. The van der Waals surface area contributed by atoms with Crippen LogP contribution in [0.3, 0.4) is 0 Å². The van der Waals surface area contributed by atoms with Crippen molar-refractivity contribution in [3.05, 3.63) is 35.4 Å². The summed E-state index contributed by atoms with van der Waals surface area (Å²) in [5.74, 6) is 0.0685. The second-order valence-electron chi connectivity index (χ2n) is 6.29. The van der Waals surface area contributed by atoms with Gasteiger partial charge in [-0.2, -0.15) is 0 Å². The predicted molar refractivity (Wildman–Crippen MR) is 92.7 cm³/mol. The van der Waals surface area contributed by atoms with Gasteiger partial charge >= 0.3 is 0 Å². The third kappa shape index (κ3) is 4.31. The van der Waals surface area contributed by atoms with E-state index in [-0.39, 0.29) is 11.9 Å². The van der Waals surface area contributed by atoms with Gasteiger partial charge in [0.15, 0.2) is 0 Å². The van der Waals surface area contributed by atoms with Gasteiger partial charge < -0.3 is 16.0 Å². The number of aryl methyl sites for hydroxylation is 1. The van der Waals surface area contributed by atoms with Crippen molar-refractivity contribution in [3.63, 3.8) is 0 Å². The van der Waals surface area contributed by atoms with Gasteiger partial charge in [-0.25, -0.2) is 0 Å². The minimum Gasteiger partial charge on any atom is -0.354 e. The van der Waals surface area contributed by atoms with Crippen molar-refractivity contribution in [2.24, 2.45) is 11.1 Å². The Balaban J connectivity index is 2.81. The third-order valence-electron chi connectivity index (χ3n) is 4.77. The van der Waals surface area contributed by atoms with Crippen LogP contribution in [0, 0.1) is 12.3 Å². The SMILES string of the molecule is CCC(CC)(CN)C(=O)NCC(c1ccc(C)cc1)N(C)C. The van der Waals surface area contributed by atoms with E-state index in [1.54, 1.807) is 0 Å². The van der Waals surface area contributed by atoms with Gasteiger partial charge in [-0.05, 0) is 39.4 Å². The van der Waals surface area contributed by atoms with Crippen LogP contribution in [0.5, 0.6) is 0 Å². The summed E-state index contributed by atoms with van der Waals surface area (Å²) in [6.07, 6.45) is 1.53. The van der Waals surface area contributed by atoms with Crippen molar-refractivity contribution in [1.29, 1.82) is 0 Å². The minimum absolute atomic E-state index is 0.0685. The zero-order chi connectivity index (χ0) is 16.8. The molecule has 1 aromatic rings. The van der Waals surface area contributed by atoms with E-state index in [4.69, 9.17) is 5.73 Å². The minimum atomic E-state index is -0.440. The lowest BCUT2D eigenvalue weighted by molar-refractivity contribution is -0.131. The van der Waals surface area contributed by atoms with Gasteiger partial charge in [0, 0.05) is 13.1 Å². The Morgan fingerprint density at radius 1 is 1.23 bits per heavy atom. The number of amides is 1. The molecule has 1 unspecified atom stereocenters. The van der Waals surface area contributed by atoms with Crippen LogP contribution in [-0.2, 0) is 4.79 Å². The summed E-state index contributed by atoms with van der Waals surface area (Å²) in [6, 6.07) is 8.63. The van der Waals surface area contributed by atoms with Crippen molar-refractivity contribution in [1.82, 2.24) is 10.2 Å². The number of rotatable bonds is 8. The van der Waals surface area contributed by atoms with Gasteiger partial charge in [0.25, 0.3) is 0 Å². The highest BCUT2D eigenvalue weighted by atomic mass is 16.2. The maximum atomic E-state index is 12.6. The second kappa shape index (κ2) is 8.30. The molecule has 1 aromatic carbocycles. The fourth-order valence-corrected chi connectivity index (χ4v) is 2.72. The average Bonchev–Trinajstić information content (AvgIpc) is 2.51. The Kier molecular flexibility index (Phi) is 7.04. The van der Waals surface area contributed by atoms with E-state index < -0.39 is 5.41 Å². The Morgan fingerprint density at radius 2 is 1.77 bits per heavy atom. The van der Waals surface area contributed by atoms with Crippen molar-refractivity contribution >= 4 is 5.91 Å². The maximum absolute atomic E-state index is 12.6. The van der Waals surface area contributed by atoms with E-state index >= 15 is 0 Å². The third-order valence-corrected chi connectivity index (χ3v) is 4.77. The molecule has 4 heteroatoms. The zero-order valence-electron chi connectivity index (χ0n) is 14.6. The van der Waals surface area contributed by atoms with Gasteiger partial charge in [-0.3, -0.25) is 4.79 Å². The highest BCUT2D eigenvalue weighted by Crippen LogP contribution is 2.25. The molecule has 0 heterocycles.